The Balaban J connectivity index is 4.43. The van der Waals surface area contributed by atoms with Crippen molar-refractivity contribution in [2.24, 2.45) is 0 Å². The van der Waals surface area contributed by atoms with Crippen LogP contribution >= 0.6 is 0 Å². The van der Waals surface area contributed by atoms with Gasteiger partial charge in [0.05, 0.1) is 0 Å². The number of carbonyl (C=O) groups excluding carboxylic acids is 3. The summed E-state index contributed by atoms with van der Waals surface area (Å²) in [5, 5.41) is 0. The molecule has 0 saturated heterocycles. The van der Waals surface area contributed by atoms with Crippen molar-refractivity contribution in [1.29, 1.82) is 0 Å². The van der Waals surface area contributed by atoms with Crippen LogP contribution in [0.1, 0.15) is 245 Å². The first-order chi connectivity index (χ1) is 29.5. The van der Waals surface area contributed by atoms with Gasteiger partial charge in [-0.25, -0.2) is 0 Å². The van der Waals surface area contributed by atoms with Gasteiger partial charge in [0.15, 0.2) is 6.10 Å². The molecule has 0 aliphatic carbocycles. The molecule has 60 heavy (non-hydrogen) atoms. The van der Waals surface area contributed by atoms with Gasteiger partial charge in [0.2, 0.25) is 0 Å². The zero-order valence-electron chi connectivity index (χ0n) is 39.5. The van der Waals surface area contributed by atoms with Gasteiger partial charge < -0.3 is 14.2 Å². The maximum atomic E-state index is 12.8. The van der Waals surface area contributed by atoms with Gasteiger partial charge in [-0.2, -0.15) is 0 Å². The average Bonchev–Trinajstić information content (AvgIpc) is 3.24. The molecule has 6 heteroatoms. The van der Waals surface area contributed by atoms with Gasteiger partial charge in [-0.3, -0.25) is 14.4 Å². The number of ether oxygens (including phenoxy) is 3. The smallest absolute Gasteiger partial charge is 0.306 e. The van der Waals surface area contributed by atoms with Crippen LogP contribution in [0.15, 0.2) is 60.8 Å². The highest BCUT2D eigenvalue weighted by Crippen LogP contribution is 2.15. The van der Waals surface area contributed by atoms with E-state index in [4.69, 9.17) is 14.2 Å². The zero-order valence-corrected chi connectivity index (χ0v) is 39.5. The van der Waals surface area contributed by atoms with E-state index in [2.05, 4.69) is 81.5 Å². The predicted molar refractivity (Wildman–Crippen MR) is 256 cm³/mol. The molecule has 0 bridgehead atoms. The summed E-state index contributed by atoms with van der Waals surface area (Å²) in [5.74, 6) is -0.934. The average molecular weight is 839 g/mol. The van der Waals surface area contributed by atoms with Crippen LogP contribution in [0.2, 0.25) is 0 Å². The number of rotatable bonds is 45. The van der Waals surface area contributed by atoms with Crippen molar-refractivity contribution in [1.82, 2.24) is 0 Å². The van der Waals surface area contributed by atoms with Crippen LogP contribution in [0.3, 0.4) is 0 Å². The highest BCUT2D eigenvalue weighted by Gasteiger charge is 2.19. The summed E-state index contributed by atoms with van der Waals surface area (Å²) in [5.41, 5.74) is 0. The molecule has 0 saturated carbocycles. The number of allylic oxidation sites excluding steroid dienone is 10. The minimum Gasteiger partial charge on any atom is -0.462 e. The summed E-state index contributed by atoms with van der Waals surface area (Å²) in [6.07, 6.45) is 59.2. The Morgan fingerprint density at radius 1 is 0.350 bits per heavy atom. The van der Waals surface area contributed by atoms with E-state index < -0.39 is 6.10 Å². The number of hydrogen-bond acceptors (Lipinski definition) is 6. The lowest BCUT2D eigenvalue weighted by atomic mass is 10.0. The second-order valence-corrected chi connectivity index (χ2v) is 16.8. The molecule has 0 fully saturated rings. The molecule has 1 unspecified atom stereocenters. The molecule has 1 atom stereocenters. The highest BCUT2D eigenvalue weighted by molar-refractivity contribution is 5.71. The van der Waals surface area contributed by atoms with Gasteiger partial charge in [0, 0.05) is 19.3 Å². The van der Waals surface area contributed by atoms with Crippen molar-refractivity contribution in [3.8, 4) is 0 Å². The van der Waals surface area contributed by atoms with E-state index in [-0.39, 0.29) is 31.1 Å². The molecule has 0 N–H and O–H groups in total. The Labute approximate surface area is 370 Å². The molecular weight excluding hydrogens is 745 g/mol. The molecule has 0 aromatic rings. The summed E-state index contributed by atoms with van der Waals surface area (Å²) in [7, 11) is 0. The fourth-order valence-electron chi connectivity index (χ4n) is 7.02. The standard InChI is InChI=1S/C54H94O6/c1-4-7-10-13-16-19-22-25-26-27-30-32-35-38-41-44-47-53(56)59-50-51(60-54(57)48-45-42-39-36-33-29-24-21-18-15-12-9-6-3)49-58-52(55)46-43-40-37-34-31-28-23-20-17-14-11-8-5-2/h9,12,15,18,21,24,26-27,30,32,51H,4-8,10-11,13-14,16-17,19-20,22-23,25,28-29,31,33-50H2,1-3H3/b12-9-,18-15-,24-21-,27-26-,32-30-. The number of hydrogen-bond donors (Lipinski definition) is 0. The first-order valence-electron chi connectivity index (χ1n) is 25.3. The third-order valence-corrected chi connectivity index (χ3v) is 10.8. The molecule has 0 heterocycles. The molecule has 0 aliphatic rings. The molecule has 6 nitrogen and oxygen atoms in total. The summed E-state index contributed by atoms with van der Waals surface area (Å²) in [6.45, 7) is 6.46. The fourth-order valence-corrected chi connectivity index (χ4v) is 7.02. The number of unbranched alkanes of at least 4 members (excludes halogenated alkanes) is 27. The third-order valence-electron chi connectivity index (χ3n) is 10.8. The van der Waals surface area contributed by atoms with Gasteiger partial charge in [0.25, 0.3) is 0 Å². The lowest BCUT2D eigenvalue weighted by Crippen LogP contribution is -2.30. The maximum absolute atomic E-state index is 12.8. The quantitative estimate of drug-likeness (QED) is 0.0263. The topological polar surface area (TPSA) is 78.9 Å². The van der Waals surface area contributed by atoms with Crippen molar-refractivity contribution in [2.75, 3.05) is 13.2 Å². The van der Waals surface area contributed by atoms with Crippen LogP contribution in [0.25, 0.3) is 0 Å². The molecule has 0 spiro atoms. The lowest BCUT2D eigenvalue weighted by Gasteiger charge is -2.18. The van der Waals surface area contributed by atoms with Crippen LogP contribution in [0.4, 0.5) is 0 Å². The SMILES string of the molecule is CC\C=C/C=C\C=C/CCCCCCCC(=O)OC(COC(=O)CCCCC/C=C\C=C/CCCCCCCCC)COC(=O)CCCCCCCCCCCCCCC. The van der Waals surface area contributed by atoms with Gasteiger partial charge in [-0.05, 0) is 64.2 Å². The second kappa shape index (κ2) is 48.8. The number of esters is 3. The molecule has 0 amide bonds. The Kier molecular flexibility index (Phi) is 46.4. The van der Waals surface area contributed by atoms with Gasteiger partial charge in [-0.15, -0.1) is 0 Å². The molecular formula is C54H94O6. The fraction of sp³-hybridized carbons (Fsp3) is 0.759. The van der Waals surface area contributed by atoms with Crippen LogP contribution < -0.4 is 0 Å². The minimum absolute atomic E-state index is 0.0896. The van der Waals surface area contributed by atoms with Crippen LogP contribution in [0, 0.1) is 0 Å². The molecule has 0 rings (SSSR count). The Hall–Kier alpha value is -2.89. The number of carbonyl (C=O) groups is 3. The van der Waals surface area contributed by atoms with E-state index in [9.17, 15) is 14.4 Å². The lowest BCUT2D eigenvalue weighted by molar-refractivity contribution is -0.167. The Bertz CT molecular complexity index is 1100. The van der Waals surface area contributed by atoms with Crippen LogP contribution in [0.5, 0.6) is 0 Å². The van der Waals surface area contributed by atoms with Crippen LogP contribution in [-0.2, 0) is 28.6 Å². The van der Waals surface area contributed by atoms with E-state index in [1.807, 2.05) is 0 Å². The van der Waals surface area contributed by atoms with Crippen molar-refractivity contribution >= 4 is 17.9 Å². The summed E-state index contributed by atoms with van der Waals surface area (Å²) in [4.78, 5) is 37.9. The van der Waals surface area contributed by atoms with E-state index in [1.165, 1.54) is 109 Å². The van der Waals surface area contributed by atoms with E-state index in [0.29, 0.717) is 19.3 Å². The summed E-state index contributed by atoms with van der Waals surface area (Å²) < 4.78 is 16.7. The van der Waals surface area contributed by atoms with Gasteiger partial charge in [-0.1, -0.05) is 223 Å². The van der Waals surface area contributed by atoms with E-state index >= 15 is 0 Å². The first-order valence-corrected chi connectivity index (χ1v) is 25.3. The first kappa shape index (κ1) is 57.1. The van der Waals surface area contributed by atoms with Crippen molar-refractivity contribution < 1.29 is 28.6 Å². The molecule has 0 radical (unpaired) electrons. The maximum Gasteiger partial charge on any atom is 0.306 e. The van der Waals surface area contributed by atoms with Gasteiger partial charge in [0.1, 0.15) is 13.2 Å². The van der Waals surface area contributed by atoms with Gasteiger partial charge >= 0.3 is 17.9 Å². The molecule has 0 aromatic carbocycles. The van der Waals surface area contributed by atoms with E-state index in [0.717, 1.165) is 96.3 Å². The molecule has 0 aromatic heterocycles. The highest BCUT2D eigenvalue weighted by atomic mass is 16.6. The minimum atomic E-state index is -0.792. The Morgan fingerprint density at radius 2 is 0.650 bits per heavy atom. The van der Waals surface area contributed by atoms with E-state index in [1.54, 1.807) is 0 Å². The summed E-state index contributed by atoms with van der Waals surface area (Å²) in [6, 6.07) is 0. The third kappa shape index (κ3) is 46.2. The largest absolute Gasteiger partial charge is 0.462 e. The normalized spacial score (nSPS) is 12.5. The van der Waals surface area contributed by atoms with Crippen molar-refractivity contribution in [2.45, 2.75) is 252 Å². The predicted octanol–water partition coefficient (Wildman–Crippen LogP) is 16.5. The van der Waals surface area contributed by atoms with Crippen molar-refractivity contribution in [3.05, 3.63) is 60.8 Å². The second-order valence-electron chi connectivity index (χ2n) is 16.8. The molecule has 0 aliphatic heterocycles. The van der Waals surface area contributed by atoms with Crippen molar-refractivity contribution in [3.63, 3.8) is 0 Å². The monoisotopic (exact) mass is 839 g/mol. The Morgan fingerprint density at radius 3 is 1.03 bits per heavy atom. The zero-order chi connectivity index (χ0) is 43.7. The van der Waals surface area contributed by atoms with Crippen LogP contribution in [-0.4, -0.2) is 37.2 Å². The summed E-state index contributed by atoms with van der Waals surface area (Å²) >= 11 is 0. The molecule has 346 valence electrons.